The number of nitro groups is 1. The predicted molar refractivity (Wildman–Crippen MR) is 82.4 cm³/mol. The largest absolute Gasteiger partial charge is 0.361 e. The molecule has 21 heavy (non-hydrogen) atoms. The molecule has 1 aromatic rings. The van der Waals surface area contributed by atoms with E-state index in [1.807, 2.05) is 6.92 Å². The van der Waals surface area contributed by atoms with Crippen molar-refractivity contribution in [1.29, 1.82) is 0 Å². The third-order valence-electron chi connectivity index (χ3n) is 4.24. The Morgan fingerprint density at radius 2 is 2.14 bits per heavy atom. The van der Waals surface area contributed by atoms with Gasteiger partial charge in [0.2, 0.25) is 11.8 Å². The van der Waals surface area contributed by atoms with Gasteiger partial charge in [-0.1, -0.05) is 13.8 Å². The minimum atomic E-state index is -0.438. The molecule has 3 unspecified atom stereocenters. The van der Waals surface area contributed by atoms with Crippen LogP contribution in [0.2, 0.25) is 0 Å². The topological polar surface area (TPSA) is 93.0 Å². The van der Waals surface area contributed by atoms with Crippen LogP contribution in [-0.4, -0.2) is 27.5 Å². The van der Waals surface area contributed by atoms with E-state index in [0.717, 1.165) is 19.3 Å². The highest BCUT2D eigenvalue weighted by Gasteiger charge is 2.27. The molecule has 2 N–H and O–H groups in total. The second-order valence-electron chi connectivity index (χ2n) is 5.82. The zero-order chi connectivity index (χ0) is 15.4. The summed E-state index contributed by atoms with van der Waals surface area (Å²) in [5.74, 6) is 2.06. The molecule has 3 atom stereocenters. The van der Waals surface area contributed by atoms with Crippen molar-refractivity contribution < 1.29 is 4.92 Å². The number of nitrogens with zero attached hydrogens (tertiary/aromatic N) is 3. The Balaban J connectivity index is 2.16. The molecule has 0 aliphatic heterocycles. The summed E-state index contributed by atoms with van der Waals surface area (Å²) >= 11 is 0. The first-order chi connectivity index (χ1) is 10.0. The van der Waals surface area contributed by atoms with Crippen molar-refractivity contribution in [1.82, 2.24) is 9.97 Å². The van der Waals surface area contributed by atoms with Gasteiger partial charge >= 0.3 is 5.69 Å². The molecule has 1 heterocycles. The molecule has 116 valence electrons. The lowest BCUT2D eigenvalue weighted by atomic mass is 9.79. The lowest BCUT2D eigenvalue weighted by Gasteiger charge is -2.32. The summed E-state index contributed by atoms with van der Waals surface area (Å²) in [6.07, 6.45) is 4.43. The molecule has 1 saturated carbocycles. The standard InChI is InChI=1S/C14H23N5O2/c1-4-15-14-16-8-12(19(20)21)13(18-14)17-11-6-5-9(2)10(3)7-11/h8-11H,4-7H2,1-3H3,(H2,15,16,17,18). The van der Waals surface area contributed by atoms with Gasteiger partial charge in [0.15, 0.2) is 0 Å². The lowest BCUT2D eigenvalue weighted by Crippen LogP contribution is -2.31. The van der Waals surface area contributed by atoms with Crippen LogP contribution >= 0.6 is 0 Å². The number of hydrogen-bond acceptors (Lipinski definition) is 6. The van der Waals surface area contributed by atoms with E-state index in [1.54, 1.807) is 0 Å². The zero-order valence-electron chi connectivity index (χ0n) is 12.8. The van der Waals surface area contributed by atoms with Crippen LogP contribution in [0.4, 0.5) is 17.5 Å². The van der Waals surface area contributed by atoms with Gasteiger partial charge in [-0.3, -0.25) is 10.1 Å². The lowest BCUT2D eigenvalue weighted by molar-refractivity contribution is -0.384. The molecule has 1 aliphatic carbocycles. The normalized spacial score (nSPS) is 25.4. The van der Waals surface area contributed by atoms with E-state index >= 15 is 0 Å². The molecule has 0 spiro atoms. The van der Waals surface area contributed by atoms with Crippen molar-refractivity contribution >= 4 is 17.5 Å². The molecule has 1 aliphatic rings. The summed E-state index contributed by atoms with van der Waals surface area (Å²) in [6.45, 7) is 7.10. The fourth-order valence-electron chi connectivity index (χ4n) is 2.73. The maximum atomic E-state index is 11.1. The summed E-state index contributed by atoms with van der Waals surface area (Å²) in [6, 6.07) is 0.235. The van der Waals surface area contributed by atoms with Crippen molar-refractivity contribution in [2.45, 2.75) is 46.1 Å². The summed E-state index contributed by atoms with van der Waals surface area (Å²) in [5.41, 5.74) is -0.0667. The van der Waals surface area contributed by atoms with E-state index in [9.17, 15) is 10.1 Å². The van der Waals surface area contributed by atoms with Gasteiger partial charge in [-0.05, 0) is 38.0 Å². The van der Waals surface area contributed by atoms with Crippen molar-refractivity contribution in [3.8, 4) is 0 Å². The summed E-state index contributed by atoms with van der Waals surface area (Å²) in [4.78, 5) is 18.9. The van der Waals surface area contributed by atoms with Crippen LogP contribution in [-0.2, 0) is 0 Å². The molecule has 0 aromatic carbocycles. The SMILES string of the molecule is CCNc1ncc([N+](=O)[O-])c(NC2CCC(C)C(C)C2)n1. The van der Waals surface area contributed by atoms with Crippen LogP contribution in [0, 0.1) is 22.0 Å². The molecular weight excluding hydrogens is 270 g/mol. The van der Waals surface area contributed by atoms with Crippen molar-refractivity contribution in [2.75, 3.05) is 17.2 Å². The van der Waals surface area contributed by atoms with Crippen molar-refractivity contribution in [3.63, 3.8) is 0 Å². The van der Waals surface area contributed by atoms with E-state index in [-0.39, 0.29) is 11.7 Å². The Morgan fingerprint density at radius 1 is 1.38 bits per heavy atom. The van der Waals surface area contributed by atoms with E-state index in [2.05, 4.69) is 34.4 Å². The molecular formula is C14H23N5O2. The van der Waals surface area contributed by atoms with E-state index in [1.165, 1.54) is 6.20 Å². The molecule has 0 bridgehead atoms. The van der Waals surface area contributed by atoms with Crippen LogP contribution in [0.15, 0.2) is 6.20 Å². The number of nitrogens with one attached hydrogen (secondary N) is 2. The molecule has 0 saturated heterocycles. The second kappa shape index (κ2) is 6.69. The minimum absolute atomic E-state index is 0.0667. The van der Waals surface area contributed by atoms with Crippen LogP contribution in [0.25, 0.3) is 0 Å². The first-order valence-electron chi connectivity index (χ1n) is 7.53. The molecule has 7 heteroatoms. The second-order valence-corrected chi connectivity index (χ2v) is 5.82. The fraction of sp³-hybridized carbons (Fsp3) is 0.714. The van der Waals surface area contributed by atoms with Crippen LogP contribution in [0.3, 0.4) is 0 Å². The molecule has 0 amide bonds. The van der Waals surface area contributed by atoms with Crippen LogP contribution in [0.5, 0.6) is 0 Å². The van der Waals surface area contributed by atoms with E-state index < -0.39 is 4.92 Å². The molecule has 1 aromatic heterocycles. The van der Waals surface area contributed by atoms with Gasteiger partial charge in [-0.25, -0.2) is 4.98 Å². The summed E-state index contributed by atoms with van der Waals surface area (Å²) in [7, 11) is 0. The molecule has 0 radical (unpaired) electrons. The van der Waals surface area contributed by atoms with Crippen molar-refractivity contribution in [2.24, 2.45) is 11.8 Å². The minimum Gasteiger partial charge on any atom is -0.361 e. The van der Waals surface area contributed by atoms with Gasteiger partial charge in [0.25, 0.3) is 0 Å². The Labute approximate surface area is 124 Å². The maximum absolute atomic E-state index is 11.1. The average molecular weight is 293 g/mol. The number of aromatic nitrogens is 2. The van der Waals surface area contributed by atoms with Gasteiger partial charge in [0, 0.05) is 12.6 Å². The number of hydrogen-bond donors (Lipinski definition) is 2. The van der Waals surface area contributed by atoms with E-state index in [4.69, 9.17) is 0 Å². The van der Waals surface area contributed by atoms with Crippen LogP contribution < -0.4 is 10.6 Å². The zero-order valence-corrected chi connectivity index (χ0v) is 12.8. The van der Waals surface area contributed by atoms with Crippen LogP contribution in [0.1, 0.15) is 40.0 Å². The third kappa shape index (κ3) is 3.80. The molecule has 7 nitrogen and oxygen atoms in total. The summed E-state index contributed by atoms with van der Waals surface area (Å²) < 4.78 is 0. The highest BCUT2D eigenvalue weighted by molar-refractivity contribution is 5.57. The molecule has 2 rings (SSSR count). The Morgan fingerprint density at radius 3 is 2.76 bits per heavy atom. The molecule has 1 fully saturated rings. The Bertz CT molecular complexity index is 508. The highest BCUT2D eigenvalue weighted by Crippen LogP contribution is 2.32. The first-order valence-corrected chi connectivity index (χ1v) is 7.53. The Kier molecular flexibility index (Phi) is 4.93. The van der Waals surface area contributed by atoms with Gasteiger partial charge in [-0.15, -0.1) is 0 Å². The predicted octanol–water partition coefficient (Wildman–Crippen LogP) is 3.05. The summed E-state index contributed by atoms with van der Waals surface area (Å²) in [5, 5.41) is 17.3. The van der Waals surface area contributed by atoms with Crippen molar-refractivity contribution in [3.05, 3.63) is 16.3 Å². The smallest absolute Gasteiger partial charge is 0.329 e. The van der Waals surface area contributed by atoms with E-state index in [0.29, 0.717) is 30.1 Å². The quantitative estimate of drug-likeness (QED) is 0.640. The Hall–Kier alpha value is -1.92. The monoisotopic (exact) mass is 293 g/mol. The fourth-order valence-corrected chi connectivity index (χ4v) is 2.73. The number of rotatable bonds is 5. The van der Waals surface area contributed by atoms with Gasteiger partial charge in [0.05, 0.1) is 4.92 Å². The average Bonchev–Trinajstić information content (AvgIpc) is 2.43. The first kappa shape index (κ1) is 15.5. The third-order valence-corrected chi connectivity index (χ3v) is 4.24. The maximum Gasteiger partial charge on any atom is 0.329 e. The highest BCUT2D eigenvalue weighted by atomic mass is 16.6. The van der Waals surface area contributed by atoms with Gasteiger partial charge in [0.1, 0.15) is 6.20 Å². The van der Waals surface area contributed by atoms with Gasteiger partial charge in [-0.2, -0.15) is 4.98 Å². The number of anilines is 2. The van der Waals surface area contributed by atoms with Gasteiger partial charge < -0.3 is 10.6 Å².